The SMILES string of the molecule is CC(C)OS(=O)(=O)C(C)C.[H-].[Na+]. The van der Waals surface area contributed by atoms with Gasteiger partial charge < -0.3 is 1.43 Å². The van der Waals surface area contributed by atoms with E-state index in [-0.39, 0.29) is 37.1 Å². The van der Waals surface area contributed by atoms with E-state index >= 15 is 0 Å². The number of rotatable bonds is 3. The van der Waals surface area contributed by atoms with Crippen LogP contribution in [0.1, 0.15) is 29.1 Å². The summed E-state index contributed by atoms with van der Waals surface area (Å²) in [6, 6.07) is 0. The predicted molar refractivity (Wildman–Crippen MR) is 41.4 cm³/mol. The number of hydrogen-bond acceptors (Lipinski definition) is 3. The van der Waals surface area contributed by atoms with Crippen LogP contribution < -0.4 is 29.6 Å². The Morgan fingerprint density at radius 1 is 1.18 bits per heavy atom. The van der Waals surface area contributed by atoms with Gasteiger partial charge in [0.15, 0.2) is 0 Å². The normalized spacial score (nSPS) is 11.8. The van der Waals surface area contributed by atoms with Crippen molar-refractivity contribution in [2.45, 2.75) is 39.0 Å². The topological polar surface area (TPSA) is 43.4 Å². The molecule has 0 aromatic rings. The van der Waals surface area contributed by atoms with Crippen molar-refractivity contribution in [1.82, 2.24) is 0 Å². The molecule has 0 aliphatic carbocycles. The van der Waals surface area contributed by atoms with E-state index in [1.54, 1.807) is 27.7 Å². The first-order valence-corrected chi connectivity index (χ1v) is 4.75. The first-order valence-electron chi connectivity index (χ1n) is 3.28. The molecule has 0 rings (SSSR count). The van der Waals surface area contributed by atoms with Crippen LogP contribution in [0.15, 0.2) is 0 Å². The second-order valence-electron chi connectivity index (χ2n) is 2.69. The van der Waals surface area contributed by atoms with Gasteiger partial charge in [-0.05, 0) is 27.7 Å². The molecule has 5 heteroatoms. The minimum atomic E-state index is -3.30. The Morgan fingerprint density at radius 3 is 1.64 bits per heavy atom. The van der Waals surface area contributed by atoms with Crippen molar-refractivity contribution in [2.24, 2.45) is 0 Å². The van der Waals surface area contributed by atoms with Crippen LogP contribution in [0.5, 0.6) is 0 Å². The first-order chi connectivity index (χ1) is 4.36. The van der Waals surface area contributed by atoms with Crippen LogP contribution in [0, 0.1) is 0 Å². The van der Waals surface area contributed by atoms with Gasteiger partial charge in [0.25, 0.3) is 10.1 Å². The maximum Gasteiger partial charge on any atom is 1.00 e. The molecule has 0 aliphatic heterocycles. The standard InChI is InChI=1S/C6H14O3S.Na.H/c1-5(2)9-10(7,8)6(3)4;;/h5-6H,1-4H3;;/q;+1;-1. The quantitative estimate of drug-likeness (QED) is 0.392. The van der Waals surface area contributed by atoms with Gasteiger partial charge in [-0.1, -0.05) is 0 Å². The van der Waals surface area contributed by atoms with Crippen LogP contribution in [-0.2, 0) is 14.3 Å². The molecule has 0 aromatic heterocycles. The average molecular weight is 190 g/mol. The molecule has 0 saturated carbocycles. The molecule has 0 saturated heterocycles. The molecule has 0 N–H and O–H groups in total. The Morgan fingerprint density at radius 2 is 1.55 bits per heavy atom. The van der Waals surface area contributed by atoms with Gasteiger partial charge in [0.05, 0.1) is 11.4 Å². The second-order valence-corrected chi connectivity index (χ2v) is 4.81. The summed E-state index contributed by atoms with van der Waals surface area (Å²) in [5.74, 6) is 0. The third-order valence-electron chi connectivity index (χ3n) is 0.904. The molecule has 0 atom stereocenters. The van der Waals surface area contributed by atoms with Crippen molar-refractivity contribution in [3.8, 4) is 0 Å². The Hall–Kier alpha value is 0.910. The van der Waals surface area contributed by atoms with Gasteiger partial charge in [-0.15, -0.1) is 0 Å². The van der Waals surface area contributed by atoms with E-state index in [4.69, 9.17) is 0 Å². The first kappa shape index (κ1) is 14.4. The molecule has 0 radical (unpaired) electrons. The molecule has 0 aromatic carbocycles. The van der Waals surface area contributed by atoms with Gasteiger partial charge in [0.2, 0.25) is 0 Å². The zero-order chi connectivity index (χ0) is 8.36. The average Bonchev–Trinajstić information content (AvgIpc) is 1.60. The maximum absolute atomic E-state index is 10.9. The minimum absolute atomic E-state index is 0. The van der Waals surface area contributed by atoms with Crippen molar-refractivity contribution in [3.05, 3.63) is 0 Å². The fraction of sp³-hybridized carbons (Fsp3) is 1.00. The Bertz CT molecular complexity index is 189. The van der Waals surface area contributed by atoms with E-state index in [0.29, 0.717) is 0 Å². The fourth-order valence-electron chi connectivity index (χ4n) is 0.379. The summed E-state index contributed by atoms with van der Waals surface area (Å²) >= 11 is 0. The zero-order valence-corrected chi connectivity index (χ0v) is 10.6. The van der Waals surface area contributed by atoms with Gasteiger partial charge in [-0.25, -0.2) is 0 Å². The molecule has 3 nitrogen and oxygen atoms in total. The maximum atomic E-state index is 10.9. The Kier molecular flexibility index (Phi) is 7.27. The van der Waals surface area contributed by atoms with Crippen molar-refractivity contribution < 1.29 is 43.6 Å². The Labute approximate surface area is 92.4 Å². The smallest absolute Gasteiger partial charge is 1.00 e. The van der Waals surface area contributed by atoms with Gasteiger partial charge in [0, 0.05) is 0 Å². The number of hydrogen-bond donors (Lipinski definition) is 0. The third kappa shape index (κ3) is 6.11. The van der Waals surface area contributed by atoms with Gasteiger partial charge >= 0.3 is 29.6 Å². The summed E-state index contributed by atoms with van der Waals surface area (Å²) in [7, 11) is -3.30. The molecule has 0 spiro atoms. The van der Waals surface area contributed by atoms with Crippen LogP contribution in [-0.4, -0.2) is 19.8 Å². The van der Waals surface area contributed by atoms with Crippen molar-refractivity contribution >= 4 is 10.1 Å². The molecule has 0 amide bonds. The monoisotopic (exact) mass is 190 g/mol. The Balaban J connectivity index is -0.000000405. The molecule has 64 valence electrons. The van der Waals surface area contributed by atoms with Gasteiger partial charge in [0.1, 0.15) is 0 Å². The van der Waals surface area contributed by atoms with E-state index in [1.165, 1.54) is 0 Å². The molecule has 0 unspecified atom stereocenters. The zero-order valence-electron chi connectivity index (χ0n) is 8.79. The summed E-state index contributed by atoms with van der Waals surface area (Å²) in [6.45, 7) is 6.58. The molecule has 0 fully saturated rings. The van der Waals surface area contributed by atoms with E-state index < -0.39 is 15.4 Å². The summed E-state index contributed by atoms with van der Waals surface area (Å²) in [6.07, 6.45) is -0.257. The van der Waals surface area contributed by atoms with E-state index in [1.807, 2.05) is 0 Å². The van der Waals surface area contributed by atoms with Crippen LogP contribution in [0.4, 0.5) is 0 Å². The minimum Gasteiger partial charge on any atom is -1.00 e. The van der Waals surface area contributed by atoms with Crippen LogP contribution in [0.3, 0.4) is 0 Å². The van der Waals surface area contributed by atoms with Crippen molar-refractivity contribution in [1.29, 1.82) is 0 Å². The molecule has 11 heavy (non-hydrogen) atoms. The van der Waals surface area contributed by atoms with Crippen LogP contribution in [0.2, 0.25) is 0 Å². The van der Waals surface area contributed by atoms with E-state index in [0.717, 1.165) is 0 Å². The van der Waals surface area contributed by atoms with Gasteiger partial charge in [-0.2, -0.15) is 8.42 Å². The predicted octanol–water partition coefficient (Wildman–Crippen LogP) is -1.73. The molecule has 0 aliphatic rings. The summed E-state index contributed by atoms with van der Waals surface area (Å²) in [5.41, 5.74) is 0. The molecule has 0 bridgehead atoms. The van der Waals surface area contributed by atoms with Crippen molar-refractivity contribution in [3.63, 3.8) is 0 Å². The van der Waals surface area contributed by atoms with E-state index in [2.05, 4.69) is 4.18 Å². The molecular formula is C6H15NaO3S. The summed E-state index contributed by atoms with van der Waals surface area (Å²) < 4.78 is 26.5. The van der Waals surface area contributed by atoms with Crippen LogP contribution in [0.25, 0.3) is 0 Å². The second kappa shape index (κ2) is 5.54. The van der Waals surface area contributed by atoms with Gasteiger partial charge in [-0.3, -0.25) is 4.18 Å². The molecule has 0 heterocycles. The summed E-state index contributed by atoms with van der Waals surface area (Å²) in [4.78, 5) is 0. The van der Waals surface area contributed by atoms with Crippen LogP contribution >= 0.6 is 0 Å². The van der Waals surface area contributed by atoms with Crippen molar-refractivity contribution in [2.75, 3.05) is 0 Å². The summed E-state index contributed by atoms with van der Waals surface area (Å²) in [5, 5.41) is -0.449. The fourth-order valence-corrected chi connectivity index (χ4v) is 1.14. The third-order valence-corrected chi connectivity index (χ3v) is 2.71. The molecular weight excluding hydrogens is 175 g/mol. The largest absolute Gasteiger partial charge is 1.00 e. The van der Waals surface area contributed by atoms with E-state index in [9.17, 15) is 8.42 Å².